The molecule has 3 rings (SSSR count). The van der Waals surface area contributed by atoms with Gasteiger partial charge in [0.1, 0.15) is 17.9 Å². The number of para-hydroxylation sites is 1. The number of imidazole rings is 1. The van der Waals surface area contributed by atoms with Crippen LogP contribution in [0.5, 0.6) is 5.75 Å². The fourth-order valence-corrected chi connectivity index (χ4v) is 2.68. The molecule has 1 aromatic heterocycles. The van der Waals surface area contributed by atoms with Crippen LogP contribution in [0.4, 0.5) is 13.2 Å². The second-order valence-corrected chi connectivity index (χ2v) is 5.92. The van der Waals surface area contributed by atoms with Gasteiger partial charge in [-0.15, -0.1) is 12.4 Å². The molecule has 4 nitrogen and oxygen atoms in total. The van der Waals surface area contributed by atoms with Crippen LogP contribution in [0.3, 0.4) is 0 Å². The summed E-state index contributed by atoms with van der Waals surface area (Å²) in [6.45, 7) is 1.82. The van der Waals surface area contributed by atoms with E-state index in [-0.39, 0.29) is 17.9 Å². The quantitative estimate of drug-likeness (QED) is 0.544. The highest BCUT2D eigenvalue weighted by molar-refractivity contribution is 5.85. The summed E-state index contributed by atoms with van der Waals surface area (Å²) >= 11 is 0. The fourth-order valence-electron chi connectivity index (χ4n) is 2.68. The standard InChI is InChI=1S/C19H20F3N3O.ClH/c20-19(21,22)18-24-15-9-4-10-16(17(15)25-18)26-13-12-23-11-5-8-14-6-2-1-3-7-14;/h1-4,6-7,9-10,23H,5,8,11-13H2,(H,24,25);1H. The number of aromatic nitrogens is 2. The second kappa shape index (κ2) is 9.62. The van der Waals surface area contributed by atoms with Crippen LogP contribution in [-0.2, 0) is 12.6 Å². The first-order valence-corrected chi connectivity index (χ1v) is 8.47. The van der Waals surface area contributed by atoms with Crippen molar-refractivity contribution in [2.45, 2.75) is 19.0 Å². The number of rotatable bonds is 8. The summed E-state index contributed by atoms with van der Waals surface area (Å²) < 4.78 is 43.9. The number of hydrogen-bond acceptors (Lipinski definition) is 3. The minimum atomic E-state index is -4.50. The van der Waals surface area contributed by atoms with Gasteiger partial charge in [0.15, 0.2) is 0 Å². The first-order valence-electron chi connectivity index (χ1n) is 8.47. The SMILES string of the molecule is Cl.FC(F)(F)c1nc2c(OCCNCCCc3ccccc3)cccc2[nH]1. The Morgan fingerprint density at radius 3 is 2.52 bits per heavy atom. The zero-order chi connectivity index (χ0) is 18.4. The Balaban J connectivity index is 0.00000261. The smallest absolute Gasteiger partial charge is 0.449 e. The lowest BCUT2D eigenvalue weighted by Gasteiger charge is -2.08. The van der Waals surface area contributed by atoms with Gasteiger partial charge in [-0.1, -0.05) is 36.4 Å². The Hall–Kier alpha value is -2.25. The van der Waals surface area contributed by atoms with Gasteiger partial charge in [0.25, 0.3) is 0 Å². The Bertz CT molecular complexity index is 837. The molecule has 0 aliphatic rings. The van der Waals surface area contributed by atoms with E-state index < -0.39 is 12.0 Å². The van der Waals surface area contributed by atoms with E-state index in [0.29, 0.717) is 24.4 Å². The van der Waals surface area contributed by atoms with Crippen LogP contribution in [0, 0.1) is 0 Å². The topological polar surface area (TPSA) is 49.9 Å². The number of benzene rings is 2. The van der Waals surface area contributed by atoms with Crippen molar-refractivity contribution in [2.75, 3.05) is 19.7 Å². The van der Waals surface area contributed by atoms with Gasteiger partial charge in [-0.25, -0.2) is 4.98 Å². The summed E-state index contributed by atoms with van der Waals surface area (Å²) in [5.41, 5.74) is 1.81. The molecule has 2 aromatic carbocycles. The highest BCUT2D eigenvalue weighted by Gasteiger charge is 2.35. The van der Waals surface area contributed by atoms with Crippen LogP contribution in [0.25, 0.3) is 11.0 Å². The fraction of sp³-hybridized carbons (Fsp3) is 0.316. The maximum absolute atomic E-state index is 12.8. The van der Waals surface area contributed by atoms with E-state index in [1.165, 1.54) is 5.56 Å². The highest BCUT2D eigenvalue weighted by atomic mass is 35.5. The molecule has 0 spiro atoms. The van der Waals surface area contributed by atoms with Crippen LogP contribution < -0.4 is 10.1 Å². The summed E-state index contributed by atoms with van der Waals surface area (Å²) in [4.78, 5) is 5.90. The van der Waals surface area contributed by atoms with Gasteiger partial charge < -0.3 is 15.0 Å². The maximum atomic E-state index is 12.8. The monoisotopic (exact) mass is 399 g/mol. The van der Waals surface area contributed by atoms with Gasteiger partial charge in [-0.05, 0) is 37.1 Å². The Morgan fingerprint density at radius 2 is 1.78 bits per heavy atom. The van der Waals surface area contributed by atoms with Crippen LogP contribution in [-0.4, -0.2) is 29.7 Å². The Labute approximate surface area is 161 Å². The first kappa shape index (κ1) is 21.1. The molecule has 0 saturated heterocycles. The molecule has 0 radical (unpaired) electrons. The zero-order valence-corrected chi connectivity index (χ0v) is 15.4. The highest BCUT2D eigenvalue weighted by Crippen LogP contribution is 2.31. The van der Waals surface area contributed by atoms with Crippen molar-refractivity contribution < 1.29 is 17.9 Å². The third-order valence-corrected chi connectivity index (χ3v) is 3.94. The molecule has 0 saturated carbocycles. The van der Waals surface area contributed by atoms with E-state index in [1.807, 2.05) is 18.2 Å². The Morgan fingerprint density at radius 1 is 1.00 bits per heavy atom. The molecular formula is C19H21ClF3N3O. The van der Waals surface area contributed by atoms with E-state index in [1.54, 1.807) is 18.2 Å². The van der Waals surface area contributed by atoms with Gasteiger partial charge in [0.2, 0.25) is 5.82 Å². The van der Waals surface area contributed by atoms with Gasteiger partial charge in [-0.2, -0.15) is 13.2 Å². The first-order chi connectivity index (χ1) is 12.5. The van der Waals surface area contributed by atoms with Gasteiger partial charge in [-0.3, -0.25) is 0 Å². The zero-order valence-electron chi connectivity index (χ0n) is 14.6. The lowest BCUT2D eigenvalue weighted by molar-refractivity contribution is -0.144. The molecule has 0 unspecified atom stereocenters. The third kappa shape index (κ3) is 5.87. The van der Waals surface area contributed by atoms with E-state index in [4.69, 9.17) is 4.74 Å². The average Bonchev–Trinajstić information content (AvgIpc) is 3.07. The molecule has 0 bridgehead atoms. The van der Waals surface area contributed by atoms with Gasteiger partial charge >= 0.3 is 6.18 Å². The summed E-state index contributed by atoms with van der Waals surface area (Å²) in [5, 5.41) is 3.27. The van der Waals surface area contributed by atoms with Crippen molar-refractivity contribution in [1.29, 1.82) is 0 Å². The lowest BCUT2D eigenvalue weighted by atomic mass is 10.1. The van der Waals surface area contributed by atoms with Gasteiger partial charge in [0, 0.05) is 6.54 Å². The predicted molar refractivity (Wildman–Crippen MR) is 101 cm³/mol. The van der Waals surface area contributed by atoms with E-state index >= 15 is 0 Å². The number of nitrogens with zero attached hydrogens (tertiary/aromatic N) is 1. The van der Waals surface area contributed by atoms with Crippen LogP contribution >= 0.6 is 12.4 Å². The number of fused-ring (bicyclic) bond motifs is 1. The van der Waals surface area contributed by atoms with Crippen molar-refractivity contribution in [3.63, 3.8) is 0 Å². The molecule has 3 aromatic rings. The molecule has 0 aliphatic heterocycles. The predicted octanol–water partition coefficient (Wildman–Crippen LogP) is 4.60. The third-order valence-electron chi connectivity index (χ3n) is 3.94. The number of aryl methyl sites for hydroxylation is 1. The summed E-state index contributed by atoms with van der Waals surface area (Å²) in [6, 6.07) is 15.1. The number of ether oxygens (including phenoxy) is 1. The van der Waals surface area contributed by atoms with Crippen molar-refractivity contribution >= 4 is 23.4 Å². The van der Waals surface area contributed by atoms with Crippen molar-refractivity contribution in [3.05, 3.63) is 59.9 Å². The molecular weight excluding hydrogens is 379 g/mol. The molecule has 0 fully saturated rings. The largest absolute Gasteiger partial charge is 0.490 e. The van der Waals surface area contributed by atoms with Crippen molar-refractivity contribution in [3.8, 4) is 5.75 Å². The Kier molecular flexibility index (Phi) is 7.50. The number of H-pyrrole nitrogens is 1. The molecule has 8 heteroatoms. The molecule has 27 heavy (non-hydrogen) atoms. The van der Waals surface area contributed by atoms with Gasteiger partial charge in [0.05, 0.1) is 5.52 Å². The number of aromatic amines is 1. The van der Waals surface area contributed by atoms with Crippen LogP contribution in [0.15, 0.2) is 48.5 Å². The minimum absolute atomic E-state index is 0. The van der Waals surface area contributed by atoms with Crippen molar-refractivity contribution in [2.24, 2.45) is 0 Å². The number of halogens is 4. The second-order valence-electron chi connectivity index (χ2n) is 5.92. The maximum Gasteiger partial charge on any atom is 0.449 e. The van der Waals surface area contributed by atoms with E-state index in [0.717, 1.165) is 19.4 Å². The minimum Gasteiger partial charge on any atom is -0.490 e. The summed E-state index contributed by atoms with van der Waals surface area (Å²) in [5.74, 6) is -0.664. The molecule has 0 atom stereocenters. The summed E-state index contributed by atoms with van der Waals surface area (Å²) in [6.07, 6.45) is -2.49. The molecule has 146 valence electrons. The molecule has 0 amide bonds. The van der Waals surface area contributed by atoms with Crippen LogP contribution in [0.1, 0.15) is 17.8 Å². The number of alkyl halides is 3. The lowest BCUT2D eigenvalue weighted by Crippen LogP contribution is -2.22. The molecule has 2 N–H and O–H groups in total. The molecule has 1 heterocycles. The van der Waals surface area contributed by atoms with Crippen molar-refractivity contribution in [1.82, 2.24) is 15.3 Å². The number of nitrogens with one attached hydrogen (secondary N) is 2. The summed E-state index contributed by atoms with van der Waals surface area (Å²) in [7, 11) is 0. The average molecular weight is 400 g/mol. The van der Waals surface area contributed by atoms with Crippen LogP contribution in [0.2, 0.25) is 0 Å². The van der Waals surface area contributed by atoms with E-state index in [9.17, 15) is 13.2 Å². The molecule has 0 aliphatic carbocycles. The van der Waals surface area contributed by atoms with E-state index in [2.05, 4.69) is 27.4 Å². The normalized spacial score (nSPS) is 11.4. The number of hydrogen-bond donors (Lipinski definition) is 2.